The van der Waals surface area contributed by atoms with Crippen LogP contribution in [0.2, 0.25) is 0 Å². The Kier molecular flexibility index (Phi) is 6.36. The second kappa shape index (κ2) is 9.69. The molecule has 0 saturated heterocycles. The third-order valence-corrected chi connectivity index (χ3v) is 4.96. The van der Waals surface area contributed by atoms with E-state index in [2.05, 4.69) is 20.2 Å². The van der Waals surface area contributed by atoms with E-state index in [-0.39, 0.29) is 17.9 Å². The zero-order valence-corrected chi connectivity index (χ0v) is 17.8. The minimum Gasteiger partial charge on any atom is -0.465 e. The quantitative estimate of drug-likeness (QED) is 0.282. The molecule has 0 bridgehead atoms. The zero-order chi connectivity index (χ0) is 23.2. The lowest BCUT2D eigenvalue weighted by molar-refractivity contribution is 0.0600. The van der Waals surface area contributed by atoms with E-state index in [1.807, 2.05) is 30.3 Å². The number of carbonyl (C=O) groups excluding carboxylic acids is 2. The van der Waals surface area contributed by atoms with Crippen LogP contribution in [0.1, 0.15) is 32.1 Å². The molecule has 0 aliphatic heterocycles. The van der Waals surface area contributed by atoms with Crippen LogP contribution in [-0.4, -0.2) is 34.8 Å². The van der Waals surface area contributed by atoms with Crippen molar-refractivity contribution in [2.45, 2.75) is 6.54 Å². The fourth-order valence-corrected chi connectivity index (χ4v) is 3.29. The fraction of sp³-hybridized carbons (Fsp3) is 0.0800. The van der Waals surface area contributed by atoms with Gasteiger partial charge in [-0.05, 0) is 35.4 Å². The predicted molar refractivity (Wildman–Crippen MR) is 124 cm³/mol. The molecule has 0 atom stereocenters. The first kappa shape index (κ1) is 21.6. The highest BCUT2D eigenvalue weighted by molar-refractivity contribution is 5.94. The number of ether oxygens (including phenoxy) is 1. The summed E-state index contributed by atoms with van der Waals surface area (Å²) < 4.78 is 6.01. The SMILES string of the molecule is COC(=O)c1ccc(/C=N\NC(=O)c2nc3ccccc3c(=O)n2Cc2ccccc2)cc1. The van der Waals surface area contributed by atoms with Crippen LogP contribution in [0.5, 0.6) is 0 Å². The number of amides is 1. The van der Waals surface area contributed by atoms with Gasteiger partial charge in [0.05, 0.1) is 36.3 Å². The molecular formula is C25H20N4O4. The third-order valence-electron chi connectivity index (χ3n) is 4.96. The lowest BCUT2D eigenvalue weighted by Crippen LogP contribution is -2.32. The van der Waals surface area contributed by atoms with E-state index in [1.165, 1.54) is 17.9 Å². The van der Waals surface area contributed by atoms with Gasteiger partial charge in [-0.3, -0.25) is 14.2 Å². The molecular weight excluding hydrogens is 420 g/mol. The summed E-state index contributed by atoms with van der Waals surface area (Å²) in [6, 6.07) is 22.8. The normalized spacial score (nSPS) is 10.9. The number of rotatable bonds is 6. The van der Waals surface area contributed by atoms with Crippen LogP contribution in [-0.2, 0) is 11.3 Å². The number of aromatic nitrogens is 2. The molecule has 8 nitrogen and oxygen atoms in total. The second-order valence-corrected chi connectivity index (χ2v) is 7.14. The molecule has 3 aromatic carbocycles. The molecule has 33 heavy (non-hydrogen) atoms. The standard InChI is InChI=1S/C25H20N4O4/c1-33-25(32)19-13-11-17(12-14-19)15-26-28-23(30)22-27-21-10-6-5-9-20(21)24(31)29(22)16-18-7-3-2-4-8-18/h2-15H,16H2,1H3,(H,28,30)/b26-15-. The average molecular weight is 440 g/mol. The third kappa shape index (κ3) is 4.85. The van der Waals surface area contributed by atoms with Gasteiger partial charge in [-0.25, -0.2) is 15.2 Å². The minimum absolute atomic E-state index is 0.0410. The van der Waals surface area contributed by atoms with E-state index in [0.29, 0.717) is 22.0 Å². The average Bonchev–Trinajstić information content (AvgIpc) is 2.86. The number of hydrogen-bond donors (Lipinski definition) is 1. The molecule has 0 radical (unpaired) electrons. The molecule has 0 spiro atoms. The number of fused-ring (bicyclic) bond motifs is 1. The van der Waals surface area contributed by atoms with E-state index < -0.39 is 11.9 Å². The molecule has 0 saturated carbocycles. The number of hydrogen-bond acceptors (Lipinski definition) is 6. The van der Waals surface area contributed by atoms with Gasteiger partial charge in [0.2, 0.25) is 5.82 Å². The summed E-state index contributed by atoms with van der Waals surface area (Å²) in [6.45, 7) is 0.193. The van der Waals surface area contributed by atoms with Crippen molar-refractivity contribution in [3.8, 4) is 0 Å². The first-order valence-electron chi connectivity index (χ1n) is 10.1. The summed E-state index contributed by atoms with van der Waals surface area (Å²) in [6.07, 6.45) is 1.43. The molecule has 0 aliphatic carbocycles. The lowest BCUT2D eigenvalue weighted by Gasteiger charge is -2.12. The smallest absolute Gasteiger partial charge is 0.337 e. The zero-order valence-electron chi connectivity index (χ0n) is 17.8. The molecule has 1 amide bonds. The van der Waals surface area contributed by atoms with Crippen molar-refractivity contribution in [3.05, 3.63) is 112 Å². The number of nitrogens with one attached hydrogen (secondary N) is 1. The molecule has 4 rings (SSSR count). The Hall–Kier alpha value is -4.59. The van der Waals surface area contributed by atoms with Gasteiger partial charge in [-0.2, -0.15) is 5.10 Å². The van der Waals surface area contributed by atoms with Crippen LogP contribution < -0.4 is 11.0 Å². The molecule has 1 heterocycles. The highest BCUT2D eigenvalue weighted by Gasteiger charge is 2.17. The predicted octanol–water partition coefficient (Wildman–Crippen LogP) is 3.00. The largest absolute Gasteiger partial charge is 0.465 e. The van der Waals surface area contributed by atoms with Gasteiger partial charge < -0.3 is 4.74 Å². The van der Waals surface area contributed by atoms with Gasteiger partial charge in [-0.15, -0.1) is 0 Å². The summed E-state index contributed by atoms with van der Waals surface area (Å²) in [7, 11) is 1.31. The Bertz CT molecular complexity index is 1390. The van der Waals surface area contributed by atoms with Crippen LogP contribution in [0.25, 0.3) is 10.9 Å². The maximum atomic E-state index is 13.1. The Labute approximate surface area is 189 Å². The number of carbonyl (C=O) groups is 2. The highest BCUT2D eigenvalue weighted by Crippen LogP contribution is 2.10. The summed E-state index contributed by atoms with van der Waals surface area (Å²) in [5, 5.41) is 4.40. The van der Waals surface area contributed by atoms with Crippen LogP contribution in [0.15, 0.2) is 88.8 Å². The van der Waals surface area contributed by atoms with E-state index in [0.717, 1.165) is 5.56 Å². The number of para-hydroxylation sites is 1. The van der Waals surface area contributed by atoms with Gasteiger partial charge >= 0.3 is 11.9 Å². The topological polar surface area (TPSA) is 103 Å². The maximum absolute atomic E-state index is 13.1. The van der Waals surface area contributed by atoms with E-state index >= 15 is 0 Å². The van der Waals surface area contributed by atoms with Crippen molar-refractivity contribution in [2.24, 2.45) is 5.10 Å². The summed E-state index contributed by atoms with van der Waals surface area (Å²) in [4.78, 5) is 42.0. The van der Waals surface area contributed by atoms with Crippen molar-refractivity contribution in [3.63, 3.8) is 0 Å². The number of benzene rings is 3. The van der Waals surface area contributed by atoms with Crippen molar-refractivity contribution in [2.75, 3.05) is 7.11 Å². The fourth-order valence-electron chi connectivity index (χ4n) is 3.29. The van der Waals surface area contributed by atoms with Crippen molar-refractivity contribution >= 4 is 29.0 Å². The number of nitrogens with zero attached hydrogens (tertiary/aromatic N) is 3. The lowest BCUT2D eigenvalue weighted by atomic mass is 10.1. The minimum atomic E-state index is -0.615. The van der Waals surface area contributed by atoms with Crippen molar-refractivity contribution in [1.82, 2.24) is 15.0 Å². The van der Waals surface area contributed by atoms with E-state index in [1.54, 1.807) is 48.5 Å². The molecule has 4 aromatic rings. The molecule has 0 fully saturated rings. The van der Waals surface area contributed by atoms with Gasteiger partial charge in [-0.1, -0.05) is 54.6 Å². The summed E-state index contributed by atoms with van der Waals surface area (Å²) >= 11 is 0. The molecule has 1 N–H and O–H groups in total. The van der Waals surface area contributed by atoms with Gasteiger partial charge in [0.15, 0.2) is 0 Å². The Morgan fingerprint density at radius 2 is 1.70 bits per heavy atom. The number of esters is 1. The van der Waals surface area contributed by atoms with E-state index in [4.69, 9.17) is 0 Å². The first-order valence-corrected chi connectivity index (χ1v) is 10.1. The molecule has 164 valence electrons. The first-order chi connectivity index (χ1) is 16.1. The Balaban J connectivity index is 1.61. The molecule has 1 aromatic heterocycles. The second-order valence-electron chi connectivity index (χ2n) is 7.14. The van der Waals surface area contributed by atoms with Crippen LogP contribution in [0, 0.1) is 0 Å². The molecule has 0 aliphatic rings. The Morgan fingerprint density at radius 3 is 2.42 bits per heavy atom. The van der Waals surface area contributed by atoms with E-state index in [9.17, 15) is 14.4 Å². The van der Waals surface area contributed by atoms with Gasteiger partial charge in [0.25, 0.3) is 5.56 Å². The van der Waals surface area contributed by atoms with Crippen LogP contribution in [0.4, 0.5) is 0 Å². The summed E-state index contributed by atoms with van der Waals surface area (Å²) in [5.74, 6) is -1.09. The van der Waals surface area contributed by atoms with Crippen molar-refractivity contribution in [1.29, 1.82) is 0 Å². The highest BCUT2D eigenvalue weighted by atomic mass is 16.5. The van der Waals surface area contributed by atoms with Gasteiger partial charge in [0, 0.05) is 0 Å². The monoisotopic (exact) mass is 440 g/mol. The van der Waals surface area contributed by atoms with Crippen LogP contribution in [0.3, 0.4) is 0 Å². The molecule has 0 unspecified atom stereocenters. The van der Waals surface area contributed by atoms with Gasteiger partial charge in [0.1, 0.15) is 0 Å². The maximum Gasteiger partial charge on any atom is 0.337 e. The van der Waals surface area contributed by atoms with Crippen molar-refractivity contribution < 1.29 is 14.3 Å². The Morgan fingerprint density at radius 1 is 1.00 bits per heavy atom. The number of methoxy groups -OCH3 is 1. The summed E-state index contributed by atoms with van der Waals surface area (Å²) in [5.41, 5.74) is 4.48. The number of hydrazone groups is 1. The molecule has 8 heteroatoms. The van der Waals surface area contributed by atoms with Crippen LogP contribution >= 0.6 is 0 Å².